The molecule has 0 saturated heterocycles. The number of thiophene rings is 1. The van der Waals surface area contributed by atoms with Gasteiger partial charge in [-0.25, -0.2) is 4.63 Å². The molecule has 0 aliphatic heterocycles. The lowest BCUT2D eigenvalue weighted by Gasteiger charge is -2.17. The molecule has 2 heterocycles. The maximum atomic E-state index is 13.1. The van der Waals surface area contributed by atoms with Crippen LogP contribution in [0, 0.1) is 0 Å². The van der Waals surface area contributed by atoms with Gasteiger partial charge in [-0.2, -0.15) is 0 Å². The molecule has 1 amide bonds. The van der Waals surface area contributed by atoms with Crippen LogP contribution < -0.4 is 5.32 Å². The fourth-order valence-electron chi connectivity index (χ4n) is 2.82. The fourth-order valence-corrected chi connectivity index (χ4v) is 3.53. The Hall–Kier alpha value is -3.25. The molecule has 0 saturated carbocycles. The fraction of sp³-hybridized carbons (Fsp3) is 0.0500. The number of nitrogens with one attached hydrogen (secondary N) is 1. The van der Waals surface area contributed by atoms with Crippen LogP contribution in [0.1, 0.15) is 17.0 Å². The monoisotopic (exact) mass is 361 g/mol. The van der Waals surface area contributed by atoms with Crippen molar-refractivity contribution in [3.05, 3.63) is 89.3 Å². The molecule has 0 atom stereocenters. The van der Waals surface area contributed by atoms with Crippen LogP contribution in [0.4, 0.5) is 5.82 Å². The molecule has 0 unspecified atom stereocenters. The number of aromatic nitrogens is 2. The number of carbonyl (C=O) groups is 1. The third kappa shape index (κ3) is 3.27. The van der Waals surface area contributed by atoms with Crippen LogP contribution in [0.2, 0.25) is 0 Å². The minimum absolute atomic E-state index is 0.184. The molecule has 0 fully saturated rings. The number of hydrogen-bond donors (Lipinski definition) is 1. The van der Waals surface area contributed by atoms with Crippen LogP contribution in [-0.4, -0.2) is 16.2 Å². The van der Waals surface area contributed by atoms with E-state index in [9.17, 15) is 4.79 Å². The quantitative estimate of drug-likeness (QED) is 0.565. The van der Waals surface area contributed by atoms with E-state index < -0.39 is 5.92 Å². The third-order valence-corrected chi connectivity index (χ3v) is 4.89. The number of amides is 1. The minimum Gasteiger partial charge on any atom is -0.305 e. The summed E-state index contributed by atoms with van der Waals surface area (Å²) in [6.45, 7) is 0. The van der Waals surface area contributed by atoms with E-state index in [1.807, 2.05) is 78.2 Å². The van der Waals surface area contributed by atoms with Crippen molar-refractivity contribution in [3.63, 3.8) is 0 Å². The lowest BCUT2D eigenvalue weighted by Crippen LogP contribution is -2.22. The van der Waals surface area contributed by atoms with Crippen LogP contribution in [0.3, 0.4) is 0 Å². The average Bonchev–Trinajstić information content (AvgIpc) is 3.35. The molecule has 4 aromatic rings. The van der Waals surface area contributed by atoms with Crippen LogP contribution in [0.15, 0.2) is 82.8 Å². The summed E-state index contributed by atoms with van der Waals surface area (Å²) < 4.78 is 4.85. The number of rotatable bonds is 5. The van der Waals surface area contributed by atoms with Crippen LogP contribution in [-0.2, 0) is 4.79 Å². The summed E-state index contributed by atoms with van der Waals surface area (Å²) in [6.07, 6.45) is 0. The first-order chi connectivity index (χ1) is 12.8. The van der Waals surface area contributed by atoms with E-state index in [2.05, 4.69) is 15.6 Å². The lowest BCUT2D eigenvalue weighted by atomic mass is 9.90. The molecule has 5 nitrogen and oxygen atoms in total. The van der Waals surface area contributed by atoms with Gasteiger partial charge in [0.25, 0.3) is 0 Å². The second-order valence-corrected chi connectivity index (χ2v) is 6.63. The highest BCUT2D eigenvalue weighted by atomic mass is 32.1. The normalized spacial score (nSPS) is 10.8. The zero-order valence-corrected chi connectivity index (χ0v) is 14.5. The third-order valence-electron chi connectivity index (χ3n) is 4.01. The molecular formula is C20H15N3O2S. The first-order valence-corrected chi connectivity index (χ1v) is 8.98. The molecule has 2 aromatic carbocycles. The van der Waals surface area contributed by atoms with Crippen molar-refractivity contribution in [2.45, 2.75) is 5.92 Å². The van der Waals surface area contributed by atoms with E-state index in [0.29, 0.717) is 11.5 Å². The van der Waals surface area contributed by atoms with Gasteiger partial charge in [0.15, 0.2) is 5.69 Å². The largest absolute Gasteiger partial charge is 0.305 e. The predicted molar refractivity (Wildman–Crippen MR) is 101 cm³/mol. The second kappa shape index (κ2) is 7.33. The summed E-state index contributed by atoms with van der Waals surface area (Å²) >= 11 is 1.51. The molecule has 6 heteroatoms. The summed E-state index contributed by atoms with van der Waals surface area (Å²) in [5, 5.41) is 12.6. The minimum atomic E-state index is -0.453. The highest BCUT2D eigenvalue weighted by Crippen LogP contribution is 2.31. The highest BCUT2D eigenvalue weighted by Gasteiger charge is 2.25. The summed E-state index contributed by atoms with van der Waals surface area (Å²) in [5.74, 6) is -0.310. The zero-order valence-electron chi connectivity index (χ0n) is 13.7. The first-order valence-electron chi connectivity index (χ1n) is 8.10. The Bertz CT molecular complexity index is 943. The lowest BCUT2D eigenvalue weighted by molar-refractivity contribution is -0.116. The molecule has 4 rings (SSSR count). The Labute approximate surface area is 154 Å². The SMILES string of the molecule is O=C(Nc1nonc1-c1cccs1)C(c1ccccc1)c1ccccc1. The first kappa shape index (κ1) is 16.2. The molecular weight excluding hydrogens is 346 g/mol. The van der Waals surface area contributed by atoms with Crippen molar-refractivity contribution in [2.75, 3.05) is 5.32 Å². The van der Waals surface area contributed by atoms with Gasteiger partial charge in [-0.3, -0.25) is 4.79 Å². The van der Waals surface area contributed by atoms with E-state index in [0.717, 1.165) is 16.0 Å². The Morgan fingerprint density at radius 1 is 0.885 bits per heavy atom. The van der Waals surface area contributed by atoms with Crippen molar-refractivity contribution in [3.8, 4) is 10.6 Å². The maximum absolute atomic E-state index is 13.1. The van der Waals surface area contributed by atoms with Crippen molar-refractivity contribution in [1.82, 2.24) is 10.3 Å². The van der Waals surface area contributed by atoms with Gasteiger partial charge in [0, 0.05) is 0 Å². The molecule has 0 aliphatic rings. The van der Waals surface area contributed by atoms with Gasteiger partial charge in [0.2, 0.25) is 11.7 Å². The number of hydrogen-bond acceptors (Lipinski definition) is 5. The molecule has 0 bridgehead atoms. The van der Waals surface area contributed by atoms with Crippen LogP contribution in [0.25, 0.3) is 10.6 Å². The van der Waals surface area contributed by atoms with Crippen molar-refractivity contribution >= 4 is 23.1 Å². The average molecular weight is 361 g/mol. The summed E-state index contributed by atoms with van der Waals surface area (Å²) in [5.41, 5.74) is 2.35. The standard InChI is InChI=1S/C20H15N3O2S/c24-20(21-19-18(22-25-23-19)16-12-7-13-26-16)17(14-8-3-1-4-9-14)15-10-5-2-6-11-15/h1-13,17H,(H,21,23,24). The summed E-state index contributed by atoms with van der Waals surface area (Å²) in [6, 6.07) is 23.2. The molecule has 2 aromatic heterocycles. The number of anilines is 1. The Kier molecular flexibility index (Phi) is 4.57. The number of carbonyl (C=O) groups excluding carboxylic acids is 1. The maximum Gasteiger partial charge on any atom is 0.237 e. The van der Waals surface area contributed by atoms with Crippen LogP contribution in [0.5, 0.6) is 0 Å². The smallest absolute Gasteiger partial charge is 0.237 e. The Morgan fingerprint density at radius 3 is 2.12 bits per heavy atom. The Balaban J connectivity index is 1.67. The molecule has 128 valence electrons. The van der Waals surface area contributed by atoms with Crippen molar-refractivity contribution < 1.29 is 9.42 Å². The number of nitrogens with zero attached hydrogens (tertiary/aromatic N) is 2. The van der Waals surface area contributed by atoms with Gasteiger partial charge in [-0.15, -0.1) is 11.3 Å². The molecule has 1 N–H and O–H groups in total. The van der Waals surface area contributed by atoms with Crippen molar-refractivity contribution in [2.24, 2.45) is 0 Å². The highest BCUT2D eigenvalue weighted by molar-refractivity contribution is 7.13. The summed E-state index contributed by atoms with van der Waals surface area (Å²) in [7, 11) is 0. The van der Waals surface area contributed by atoms with Gasteiger partial charge in [-0.1, -0.05) is 66.7 Å². The van der Waals surface area contributed by atoms with E-state index in [-0.39, 0.29) is 5.91 Å². The van der Waals surface area contributed by atoms with Crippen LogP contribution >= 0.6 is 11.3 Å². The Morgan fingerprint density at radius 2 is 1.54 bits per heavy atom. The van der Waals surface area contributed by atoms with E-state index in [1.54, 1.807) is 0 Å². The van der Waals surface area contributed by atoms with E-state index >= 15 is 0 Å². The van der Waals surface area contributed by atoms with Gasteiger partial charge >= 0.3 is 0 Å². The van der Waals surface area contributed by atoms with E-state index in [4.69, 9.17) is 4.63 Å². The molecule has 0 spiro atoms. The summed E-state index contributed by atoms with van der Waals surface area (Å²) in [4.78, 5) is 14.0. The van der Waals surface area contributed by atoms with Gasteiger partial charge in [0.1, 0.15) is 0 Å². The van der Waals surface area contributed by atoms with Gasteiger partial charge in [0.05, 0.1) is 10.8 Å². The second-order valence-electron chi connectivity index (χ2n) is 5.68. The predicted octanol–water partition coefficient (Wildman–Crippen LogP) is 4.57. The van der Waals surface area contributed by atoms with Crippen molar-refractivity contribution in [1.29, 1.82) is 0 Å². The van der Waals surface area contributed by atoms with Gasteiger partial charge < -0.3 is 5.32 Å². The molecule has 0 aliphatic carbocycles. The number of benzene rings is 2. The molecule has 0 radical (unpaired) electrons. The van der Waals surface area contributed by atoms with Gasteiger partial charge in [-0.05, 0) is 32.9 Å². The van der Waals surface area contributed by atoms with E-state index in [1.165, 1.54) is 11.3 Å². The zero-order chi connectivity index (χ0) is 17.8. The molecule has 26 heavy (non-hydrogen) atoms. The topological polar surface area (TPSA) is 68.0 Å².